The van der Waals surface area contributed by atoms with E-state index in [-0.39, 0.29) is 16.4 Å². The summed E-state index contributed by atoms with van der Waals surface area (Å²) in [6, 6.07) is 6.45. The first-order chi connectivity index (χ1) is 16.5. The number of fused-ring (bicyclic) bond motifs is 1. The fourth-order valence-corrected chi connectivity index (χ4v) is 3.19. The van der Waals surface area contributed by atoms with Crippen LogP contribution in [-0.2, 0) is 16.1 Å². The summed E-state index contributed by atoms with van der Waals surface area (Å²) in [4.78, 5) is 27.9. The largest absolute Gasteiger partial charge is 0.447 e. The van der Waals surface area contributed by atoms with Crippen molar-refractivity contribution in [2.45, 2.75) is 18.8 Å². The highest BCUT2D eigenvalue weighted by Crippen LogP contribution is 2.23. The lowest BCUT2D eigenvalue weighted by Crippen LogP contribution is -2.53. The van der Waals surface area contributed by atoms with Gasteiger partial charge in [0, 0.05) is 18.1 Å². The number of hydrogen-bond acceptors (Lipinski definition) is 5. The Kier molecular flexibility index (Phi) is 8.41. The van der Waals surface area contributed by atoms with Crippen LogP contribution in [0.1, 0.15) is 5.56 Å². The number of nitrogens with one attached hydrogen (secondary N) is 3. The number of anilines is 1. The zero-order chi connectivity index (χ0) is 25.6. The molecule has 0 spiro atoms. The maximum Gasteiger partial charge on any atom is 0.412 e. The van der Waals surface area contributed by atoms with Crippen molar-refractivity contribution < 1.29 is 36.3 Å². The van der Waals surface area contributed by atoms with E-state index in [0.29, 0.717) is 10.8 Å². The van der Waals surface area contributed by atoms with E-state index in [1.165, 1.54) is 42.6 Å². The summed E-state index contributed by atoms with van der Waals surface area (Å²) < 4.78 is 71.6. The fraction of sp³-hybridized carbons (Fsp3) is 0.227. The number of amides is 2. The smallest absolute Gasteiger partial charge is 0.412 e. The Morgan fingerprint density at radius 2 is 1.86 bits per heavy atom. The molecule has 35 heavy (non-hydrogen) atoms. The van der Waals surface area contributed by atoms with Gasteiger partial charge in [-0.25, -0.2) is 18.6 Å². The van der Waals surface area contributed by atoms with E-state index < -0.39 is 55.5 Å². The second-order valence-electron chi connectivity index (χ2n) is 7.18. The molecule has 0 saturated carbocycles. The minimum Gasteiger partial charge on any atom is -0.447 e. The number of pyridine rings is 1. The molecule has 0 aliphatic heterocycles. The van der Waals surface area contributed by atoms with Gasteiger partial charge < -0.3 is 10.1 Å². The molecule has 0 bridgehead atoms. The summed E-state index contributed by atoms with van der Waals surface area (Å²) in [6.45, 7) is -1.38. The number of aromatic nitrogens is 1. The van der Waals surface area contributed by atoms with Crippen molar-refractivity contribution >= 4 is 40.2 Å². The van der Waals surface area contributed by atoms with E-state index in [1.807, 2.05) is 10.6 Å². The SMILES string of the molecule is O=C(Nc1cc2cc(F)ccc2cn1)OCCNC(=O)C(NCc1cccc(F)c1Cl)C(F)(F)F. The van der Waals surface area contributed by atoms with Crippen LogP contribution < -0.4 is 16.0 Å². The summed E-state index contributed by atoms with van der Waals surface area (Å²) in [5.41, 5.74) is 0.0405. The molecule has 0 saturated heterocycles. The first kappa shape index (κ1) is 26.1. The zero-order valence-electron chi connectivity index (χ0n) is 17.8. The minimum atomic E-state index is -4.96. The molecular formula is C22H18ClF5N4O3. The number of hydrogen-bond donors (Lipinski definition) is 3. The summed E-state index contributed by atoms with van der Waals surface area (Å²) in [5, 5.41) is 7.07. The van der Waals surface area contributed by atoms with Crippen molar-refractivity contribution in [1.29, 1.82) is 0 Å². The van der Waals surface area contributed by atoms with Gasteiger partial charge in [0.2, 0.25) is 5.91 Å². The normalized spacial score (nSPS) is 12.3. The zero-order valence-corrected chi connectivity index (χ0v) is 18.5. The molecule has 0 aliphatic rings. The lowest BCUT2D eigenvalue weighted by Gasteiger charge is -2.21. The lowest BCUT2D eigenvalue weighted by molar-refractivity contribution is -0.169. The maximum absolute atomic E-state index is 13.5. The molecule has 0 aliphatic carbocycles. The van der Waals surface area contributed by atoms with Crippen molar-refractivity contribution in [2.24, 2.45) is 0 Å². The number of carbonyl (C=O) groups excluding carboxylic acids is 2. The Morgan fingerprint density at radius 3 is 2.60 bits per heavy atom. The van der Waals surface area contributed by atoms with Crippen molar-refractivity contribution in [3.63, 3.8) is 0 Å². The number of nitrogens with zero attached hydrogens (tertiary/aromatic N) is 1. The summed E-state index contributed by atoms with van der Waals surface area (Å²) in [6.07, 6.45) is -4.52. The van der Waals surface area contributed by atoms with Crippen LogP contribution in [0, 0.1) is 11.6 Å². The molecule has 2 aromatic carbocycles. The van der Waals surface area contributed by atoms with Gasteiger partial charge >= 0.3 is 12.3 Å². The van der Waals surface area contributed by atoms with Crippen LogP contribution in [0.25, 0.3) is 10.8 Å². The quantitative estimate of drug-likeness (QED) is 0.302. The van der Waals surface area contributed by atoms with Gasteiger partial charge in [0.25, 0.3) is 0 Å². The molecule has 3 N–H and O–H groups in total. The van der Waals surface area contributed by atoms with Gasteiger partial charge in [-0.2, -0.15) is 13.2 Å². The third-order valence-electron chi connectivity index (χ3n) is 4.67. The Balaban J connectivity index is 1.48. The third kappa shape index (κ3) is 7.23. The summed E-state index contributed by atoms with van der Waals surface area (Å²) >= 11 is 5.72. The highest BCUT2D eigenvalue weighted by molar-refractivity contribution is 6.31. The van der Waals surface area contributed by atoms with E-state index in [0.717, 1.165) is 6.07 Å². The standard InChI is InChI=1S/C22H18ClF5N4O3/c23-18-13(2-1-3-16(18)25)11-31-19(22(26,27)28)20(33)29-6-7-35-21(34)32-17-9-14-8-15(24)5-4-12(14)10-30-17/h1-5,8-10,19,31H,6-7,11H2,(H,29,33)(H,30,32,34). The van der Waals surface area contributed by atoms with E-state index in [1.54, 1.807) is 0 Å². The van der Waals surface area contributed by atoms with Crippen LogP contribution >= 0.6 is 11.6 Å². The number of alkyl halides is 3. The first-order valence-electron chi connectivity index (χ1n) is 10.0. The van der Waals surface area contributed by atoms with Crippen LogP contribution in [0.5, 0.6) is 0 Å². The monoisotopic (exact) mass is 516 g/mol. The molecule has 7 nitrogen and oxygen atoms in total. The van der Waals surface area contributed by atoms with Crippen molar-refractivity contribution in [1.82, 2.24) is 15.6 Å². The van der Waals surface area contributed by atoms with Gasteiger partial charge in [0.1, 0.15) is 24.1 Å². The van der Waals surface area contributed by atoms with Crippen molar-refractivity contribution in [3.8, 4) is 0 Å². The molecule has 186 valence electrons. The summed E-state index contributed by atoms with van der Waals surface area (Å²) in [7, 11) is 0. The Bertz CT molecular complexity index is 1230. The number of benzene rings is 2. The highest BCUT2D eigenvalue weighted by atomic mass is 35.5. The number of ether oxygens (including phenoxy) is 1. The average molecular weight is 517 g/mol. The van der Waals surface area contributed by atoms with Gasteiger partial charge in [-0.15, -0.1) is 0 Å². The number of rotatable bonds is 8. The molecular weight excluding hydrogens is 499 g/mol. The first-order valence-corrected chi connectivity index (χ1v) is 10.4. The predicted octanol–water partition coefficient (Wildman–Crippen LogP) is 4.55. The molecule has 13 heteroatoms. The van der Waals surface area contributed by atoms with E-state index >= 15 is 0 Å². The highest BCUT2D eigenvalue weighted by Gasteiger charge is 2.44. The van der Waals surface area contributed by atoms with Gasteiger partial charge in [0.05, 0.1) is 11.6 Å². The van der Waals surface area contributed by atoms with E-state index in [4.69, 9.17) is 16.3 Å². The van der Waals surface area contributed by atoms with Crippen LogP contribution in [0.2, 0.25) is 5.02 Å². The summed E-state index contributed by atoms with van der Waals surface area (Å²) in [5.74, 6) is -2.64. The van der Waals surface area contributed by atoms with Gasteiger partial charge in [-0.3, -0.25) is 15.4 Å². The van der Waals surface area contributed by atoms with Crippen molar-refractivity contribution in [2.75, 3.05) is 18.5 Å². The Hall–Kier alpha value is -3.51. The molecule has 0 fully saturated rings. The minimum absolute atomic E-state index is 0.0405. The number of halogens is 6. The Morgan fingerprint density at radius 1 is 1.09 bits per heavy atom. The van der Waals surface area contributed by atoms with E-state index in [2.05, 4.69) is 10.3 Å². The van der Waals surface area contributed by atoms with Crippen LogP contribution in [0.4, 0.5) is 32.6 Å². The number of carbonyl (C=O) groups is 2. The molecule has 1 unspecified atom stereocenters. The molecule has 2 amide bonds. The molecule has 0 radical (unpaired) electrons. The van der Waals surface area contributed by atoms with Gasteiger partial charge in [-0.1, -0.05) is 23.7 Å². The van der Waals surface area contributed by atoms with E-state index in [9.17, 15) is 31.5 Å². The predicted molar refractivity (Wildman–Crippen MR) is 118 cm³/mol. The molecule has 3 aromatic rings. The van der Waals surface area contributed by atoms with Gasteiger partial charge in [-0.05, 0) is 41.3 Å². The van der Waals surface area contributed by atoms with Crippen molar-refractivity contribution in [3.05, 3.63) is 70.9 Å². The molecule has 1 heterocycles. The molecule has 1 aromatic heterocycles. The van der Waals surface area contributed by atoms with Crippen LogP contribution in [0.15, 0.2) is 48.7 Å². The molecule has 3 rings (SSSR count). The lowest BCUT2D eigenvalue weighted by atomic mass is 10.2. The fourth-order valence-electron chi connectivity index (χ4n) is 2.99. The molecule has 1 atom stereocenters. The second-order valence-corrected chi connectivity index (χ2v) is 7.56. The van der Waals surface area contributed by atoms with Gasteiger partial charge in [0.15, 0.2) is 6.04 Å². The van der Waals surface area contributed by atoms with Crippen LogP contribution in [-0.4, -0.2) is 42.4 Å². The van der Waals surface area contributed by atoms with Crippen LogP contribution in [0.3, 0.4) is 0 Å². The topological polar surface area (TPSA) is 92.3 Å². The second kappa shape index (κ2) is 11.3. The average Bonchev–Trinajstić information content (AvgIpc) is 2.78. The third-order valence-corrected chi connectivity index (χ3v) is 5.09. The Labute approximate surface area is 200 Å². The maximum atomic E-state index is 13.5.